The number of fused-ring (bicyclic) bond motifs is 14. The van der Waals surface area contributed by atoms with Crippen LogP contribution in [-0.2, 0) is 23.7 Å². The van der Waals surface area contributed by atoms with Crippen LogP contribution in [0.2, 0.25) is 0 Å². The van der Waals surface area contributed by atoms with Crippen LogP contribution >= 0.6 is 0 Å². The first kappa shape index (κ1) is 17.4. The van der Waals surface area contributed by atoms with E-state index in [1.165, 1.54) is 38.5 Å². The van der Waals surface area contributed by atoms with Crippen LogP contribution in [0.4, 0.5) is 0 Å². The lowest BCUT2D eigenvalue weighted by atomic mass is 9.79. The molecule has 8 aliphatic rings. The molecule has 5 nitrogen and oxygen atoms in total. The van der Waals surface area contributed by atoms with Crippen LogP contribution in [0.5, 0.6) is 0 Å². The Kier molecular flexibility index (Phi) is 3.71. The quantitative estimate of drug-likeness (QED) is 0.462. The van der Waals surface area contributed by atoms with E-state index in [2.05, 4.69) is 0 Å². The normalized spacial score (nSPS) is 61.7. The van der Waals surface area contributed by atoms with Crippen LogP contribution in [0, 0.1) is 47.3 Å². The van der Waals surface area contributed by atoms with Gasteiger partial charge in [-0.2, -0.15) is 0 Å². The Morgan fingerprint density at radius 2 is 1.07 bits per heavy atom. The van der Waals surface area contributed by atoms with E-state index in [4.69, 9.17) is 23.7 Å². The summed E-state index contributed by atoms with van der Waals surface area (Å²) in [5, 5.41) is 0. The van der Waals surface area contributed by atoms with Gasteiger partial charge in [-0.1, -0.05) is 0 Å². The first-order chi connectivity index (χ1) is 14.3. The largest absolute Gasteiger partial charge is 0.377 e. The molecule has 0 spiro atoms. The van der Waals surface area contributed by atoms with Gasteiger partial charge in [-0.25, -0.2) is 0 Å². The second kappa shape index (κ2) is 6.19. The summed E-state index contributed by atoms with van der Waals surface area (Å²) in [6.07, 6.45) is 11.4. The van der Waals surface area contributed by atoms with Crippen molar-refractivity contribution in [1.29, 1.82) is 0 Å². The van der Waals surface area contributed by atoms with Crippen LogP contribution in [0.25, 0.3) is 0 Å². The number of hydrogen-bond acceptors (Lipinski definition) is 5. The second-order valence-corrected chi connectivity index (χ2v) is 11.5. The van der Waals surface area contributed by atoms with Crippen molar-refractivity contribution in [2.24, 2.45) is 47.3 Å². The lowest BCUT2D eigenvalue weighted by Gasteiger charge is -2.33. The fourth-order valence-electron chi connectivity index (χ4n) is 9.54. The molecule has 0 N–H and O–H groups in total. The highest BCUT2D eigenvalue weighted by atomic mass is 16.6. The predicted octanol–water partition coefficient (Wildman–Crippen LogP) is 2.66. The minimum Gasteiger partial charge on any atom is -0.377 e. The smallest absolute Gasteiger partial charge is 0.0875 e. The number of rotatable bonds is 8. The zero-order valence-electron chi connectivity index (χ0n) is 17.2. The van der Waals surface area contributed by atoms with E-state index < -0.39 is 0 Å². The molecule has 14 atom stereocenters. The molecular formula is C24H34O5. The Morgan fingerprint density at radius 3 is 1.59 bits per heavy atom. The van der Waals surface area contributed by atoms with Crippen LogP contribution in [0.1, 0.15) is 38.5 Å². The Bertz CT molecular complexity index is 628. The highest BCUT2D eigenvalue weighted by Crippen LogP contribution is 2.65. The van der Waals surface area contributed by atoms with Crippen LogP contribution in [-0.4, -0.2) is 63.1 Å². The number of epoxide rings is 2. The fraction of sp³-hybridized carbons (Fsp3) is 1.00. The van der Waals surface area contributed by atoms with Crippen molar-refractivity contribution in [3.63, 3.8) is 0 Å². The van der Waals surface area contributed by atoms with Crippen molar-refractivity contribution in [3.8, 4) is 0 Å². The third kappa shape index (κ3) is 2.51. The van der Waals surface area contributed by atoms with Gasteiger partial charge in [0.25, 0.3) is 0 Å². The summed E-state index contributed by atoms with van der Waals surface area (Å²) in [7, 11) is 0. The summed E-state index contributed by atoms with van der Waals surface area (Å²) in [6.45, 7) is 2.91. The first-order valence-corrected chi connectivity index (χ1v) is 12.5. The minimum atomic E-state index is 0.488. The maximum absolute atomic E-state index is 6.26. The SMILES string of the molecule is C(CO[C@H]1C[C@H]2C[C@H]1[C@H]1C[C@H]3O[C@@H]3[C@H]21)OCCO[C@@H]1C[C@@H]2C[C@@H]1[C@H]1C[C@H]3O[C@@H]3[C@H]21. The van der Waals surface area contributed by atoms with E-state index >= 15 is 0 Å². The zero-order chi connectivity index (χ0) is 18.7. The molecule has 5 heteroatoms. The molecular weight excluding hydrogens is 368 g/mol. The molecule has 2 saturated heterocycles. The molecule has 0 radical (unpaired) electrons. The monoisotopic (exact) mass is 402 g/mol. The summed E-state index contributed by atoms with van der Waals surface area (Å²) in [5.41, 5.74) is 0. The number of ether oxygens (including phenoxy) is 5. The predicted molar refractivity (Wildman–Crippen MR) is 103 cm³/mol. The summed E-state index contributed by atoms with van der Waals surface area (Å²) in [4.78, 5) is 0. The third-order valence-corrected chi connectivity index (χ3v) is 10.5. The van der Waals surface area contributed by atoms with Crippen molar-refractivity contribution < 1.29 is 23.7 Å². The summed E-state index contributed by atoms with van der Waals surface area (Å²) >= 11 is 0. The molecule has 0 aromatic rings. The Morgan fingerprint density at radius 1 is 0.552 bits per heavy atom. The maximum Gasteiger partial charge on any atom is 0.0875 e. The van der Waals surface area contributed by atoms with E-state index in [1.807, 2.05) is 0 Å². The molecule has 29 heavy (non-hydrogen) atoms. The average Bonchev–Trinajstić information content (AvgIpc) is 3.26. The van der Waals surface area contributed by atoms with Gasteiger partial charge in [-0.15, -0.1) is 0 Å². The fourth-order valence-corrected chi connectivity index (χ4v) is 9.54. The molecule has 8 rings (SSSR count). The van der Waals surface area contributed by atoms with E-state index in [-0.39, 0.29) is 0 Å². The van der Waals surface area contributed by atoms with Crippen LogP contribution in [0.3, 0.4) is 0 Å². The van der Waals surface area contributed by atoms with E-state index in [0.717, 1.165) is 60.6 Å². The van der Waals surface area contributed by atoms with Crippen LogP contribution in [0.15, 0.2) is 0 Å². The molecule has 0 aromatic carbocycles. The lowest BCUT2D eigenvalue weighted by Crippen LogP contribution is -2.34. The van der Waals surface area contributed by atoms with E-state index in [1.54, 1.807) is 0 Å². The van der Waals surface area contributed by atoms with Crippen molar-refractivity contribution in [3.05, 3.63) is 0 Å². The van der Waals surface area contributed by atoms with Gasteiger partial charge in [0.1, 0.15) is 0 Å². The number of hydrogen-bond donors (Lipinski definition) is 0. The van der Waals surface area contributed by atoms with Gasteiger partial charge >= 0.3 is 0 Å². The van der Waals surface area contributed by atoms with Gasteiger partial charge < -0.3 is 23.7 Å². The summed E-state index contributed by atoms with van der Waals surface area (Å²) in [5.74, 6) is 6.91. The van der Waals surface area contributed by atoms with Gasteiger partial charge in [0.2, 0.25) is 0 Å². The summed E-state index contributed by atoms with van der Waals surface area (Å²) < 4.78 is 29.9. The van der Waals surface area contributed by atoms with Crippen molar-refractivity contribution in [2.45, 2.75) is 75.1 Å². The lowest BCUT2D eigenvalue weighted by molar-refractivity contribution is -0.0649. The zero-order valence-corrected chi connectivity index (χ0v) is 17.2. The molecule has 160 valence electrons. The topological polar surface area (TPSA) is 52.8 Å². The standard InChI is InChI=1S/C24H34O5/c1(3-26-17-7-11-5-13(17)15-9-19-23(28-19)21(11)15)25-2-4-27-18-8-12-6-14(18)16-10-20-24(29-20)22(12)16/h11-24H,1-10H2/t11-,12+,13+,14-,15-,16-,17+,18-,19-,20-,21-,22-,23+,24+/m1/s1. The molecule has 8 fully saturated rings. The van der Waals surface area contributed by atoms with Gasteiger partial charge in [0, 0.05) is 0 Å². The molecule has 0 unspecified atom stereocenters. The molecule has 0 amide bonds. The van der Waals surface area contributed by atoms with Crippen molar-refractivity contribution >= 4 is 0 Å². The highest BCUT2D eigenvalue weighted by Gasteiger charge is 2.67. The highest BCUT2D eigenvalue weighted by molar-refractivity contribution is 5.15. The molecule has 0 aromatic heterocycles. The molecule has 2 heterocycles. The summed E-state index contributed by atoms with van der Waals surface area (Å²) in [6, 6.07) is 0. The van der Waals surface area contributed by atoms with Crippen molar-refractivity contribution in [1.82, 2.24) is 0 Å². The molecule has 2 aliphatic heterocycles. The Balaban J connectivity index is 0.740. The van der Waals surface area contributed by atoms with Crippen LogP contribution < -0.4 is 0 Å². The second-order valence-electron chi connectivity index (χ2n) is 11.5. The molecule has 6 aliphatic carbocycles. The Hall–Kier alpha value is -0.200. The maximum atomic E-state index is 6.26. The van der Waals surface area contributed by atoms with E-state index in [9.17, 15) is 0 Å². The van der Waals surface area contributed by atoms with Gasteiger partial charge in [-0.3, -0.25) is 0 Å². The molecule has 6 saturated carbocycles. The third-order valence-electron chi connectivity index (χ3n) is 10.5. The van der Waals surface area contributed by atoms with E-state index in [0.29, 0.717) is 49.8 Å². The first-order valence-electron chi connectivity index (χ1n) is 12.5. The van der Waals surface area contributed by atoms with Gasteiger partial charge in [-0.05, 0) is 85.9 Å². The van der Waals surface area contributed by atoms with Crippen molar-refractivity contribution in [2.75, 3.05) is 26.4 Å². The van der Waals surface area contributed by atoms with Gasteiger partial charge in [0.05, 0.1) is 63.1 Å². The molecule has 4 bridgehead atoms. The minimum absolute atomic E-state index is 0.488. The Labute approximate surface area is 173 Å². The average molecular weight is 403 g/mol. The van der Waals surface area contributed by atoms with Gasteiger partial charge in [0.15, 0.2) is 0 Å².